The fourth-order valence-corrected chi connectivity index (χ4v) is 1.25. The molecule has 70 valence electrons. The monoisotopic (exact) mass is 197 g/mol. The van der Waals surface area contributed by atoms with Crippen LogP contribution in [0.3, 0.4) is 0 Å². The zero-order valence-electron chi connectivity index (χ0n) is 7.46. The number of hydrogen-bond acceptors (Lipinski definition) is 2. The number of nitrogens with two attached hydrogens (primary N) is 1. The lowest BCUT2D eigenvalue weighted by atomic mass is 10.1. The maximum Gasteiger partial charge on any atom is 0.118 e. The first-order chi connectivity index (χ1) is 6.31. The number of rotatable bonds is 3. The smallest absolute Gasteiger partial charge is 0.118 e. The Balaban J connectivity index is 2.91. The van der Waals surface area contributed by atoms with Crippen LogP contribution in [0.25, 0.3) is 5.57 Å². The minimum absolute atomic E-state index is 0.440. The molecule has 0 atom stereocenters. The molecule has 0 fully saturated rings. The normalized spacial score (nSPS) is 11.5. The molecule has 1 aromatic rings. The van der Waals surface area contributed by atoms with E-state index in [4.69, 9.17) is 22.1 Å². The lowest BCUT2D eigenvalue weighted by molar-refractivity contribution is 0.415. The number of methoxy groups -OCH3 is 1. The minimum Gasteiger partial charge on any atom is -0.497 e. The van der Waals surface area contributed by atoms with E-state index in [1.807, 2.05) is 24.3 Å². The number of hydrogen-bond donors (Lipinski definition) is 1. The molecule has 0 aliphatic heterocycles. The van der Waals surface area contributed by atoms with Crippen molar-refractivity contribution in [3.8, 4) is 5.75 Å². The lowest BCUT2D eigenvalue weighted by Crippen LogP contribution is -2.01. The third kappa shape index (κ3) is 2.47. The van der Waals surface area contributed by atoms with E-state index < -0.39 is 0 Å². The van der Waals surface area contributed by atoms with E-state index in [-0.39, 0.29) is 0 Å². The molecule has 0 saturated heterocycles. The standard InChI is InChI=1S/C10H12ClNO/c1-13-10-4-2-8(3-5-10)9(6-11)7-12/h2-6H,7,12H2,1H3/b9-6-. The van der Waals surface area contributed by atoms with E-state index in [1.165, 1.54) is 5.54 Å². The van der Waals surface area contributed by atoms with Crippen LogP contribution in [0.4, 0.5) is 0 Å². The van der Waals surface area contributed by atoms with Crippen LogP contribution in [0.15, 0.2) is 29.8 Å². The predicted octanol–water partition coefficient (Wildman–Crippen LogP) is 2.23. The van der Waals surface area contributed by atoms with Gasteiger partial charge in [0.1, 0.15) is 5.75 Å². The summed E-state index contributed by atoms with van der Waals surface area (Å²) >= 11 is 5.60. The van der Waals surface area contributed by atoms with Crippen molar-refractivity contribution >= 4 is 17.2 Å². The molecule has 0 spiro atoms. The van der Waals surface area contributed by atoms with Crippen LogP contribution in [0.5, 0.6) is 5.75 Å². The average Bonchev–Trinajstić information content (AvgIpc) is 2.21. The summed E-state index contributed by atoms with van der Waals surface area (Å²) in [7, 11) is 1.64. The third-order valence-corrected chi connectivity index (χ3v) is 2.08. The van der Waals surface area contributed by atoms with Crippen LogP contribution in [0.1, 0.15) is 5.56 Å². The van der Waals surface area contributed by atoms with E-state index in [1.54, 1.807) is 7.11 Å². The molecule has 1 rings (SSSR count). The Bertz CT molecular complexity index is 292. The van der Waals surface area contributed by atoms with Crippen LogP contribution in [-0.2, 0) is 0 Å². The van der Waals surface area contributed by atoms with Crippen molar-refractivity contribution in [1.82, 2.24) is 0 Å². The molecule has 3 heteroatoms. The van der Waals surface area contributed by atoms with E-state index in [0.29, 0.717) is 6.54 Å². The van der Waals surface area contributed by atoms with Gasteiger partial charge in [0.2, 0.25) is 0 Å². The van der Waals surface area contributed by atoms with Gasteiger partial charge in [0, 0.05) is 12.1 Å². The van der Waals surface area contributed by atoms with Gasteiger partial charge < -0.3 is 10.5 Å². The molecule has 0 aliphatic carbocycles. The Morgan fingerprint density at radius 3 is 2.46 bits per heavy atom. The van der Waals surface area contributed by atoms with E-state index in [2.05, 4.69) is 0 Å². The topological polar surface area (TPSA) is 35.2 Å². The van der Waals surface area contributed by atoms with Crippen molar-refractivity contribution < 1.29 is 4.74 Å². The Morgan fingerprint density at radius 1 is 1.46 bits per heavy atom. The van der Waals surface area contributed by atoms with Gasteiger partial charge in [-0.05, 0) is 23.3 Å². The second-order valence-corrected chi connectivity index (χ2v) is 2.79. The second-order valence-electron chi connectivity index (χ2n) is 2.57. The Kier molecular flexibility index (Phi) is 3.80. The molecule has 0 amide bonds. The van der Waals surface area contributed by atoms with Crippen molar-refractivity contribution in [3.63, 3.8) is 0 Å². The van der Waals surface area contributed by atoms with Gasteiger partial charge in [0.25, 0.3) is 0 Å². The number of halogens is 1. The summed E-state index contributed by atoms with van der Waals surface area (Å²) in [5.74, 6) is 0.828. The number of benzene rings is 1. The fraction of sp³-hybridized carbons (Fsp3) is 0.200. The van der Waals surface area contributed by atoms with E-state index in [9.17, 15) is 0 Å². The summed E-state index contributed by atoms with van der Waals surface area (Å²) in [6, 6.07) is 7.62. The van der Waals surface area contributed by atoms with Gasteiger partial charge in [-0.15, -0.1) is 0 Å². The highest BCUT2D eigenvalue weighted by Gasteiger charge is 1.98. The summed E-state index contributed by atoms with van der Waals surface area (Å²) in [5, 5.41) is 0. The molecule has 0 heterocycles. The largest absolute Gasteiger partial charge is 0.497 e. The maximum absolute atomic E-state index is 5.60. The van der Waals surface area contributed by atoms with Crippen molar-refractivity contribution in [2.75, 3.05) is 13.7 Å². The Hall–Kier alpha value is -0.990. The van der Waals surface area contributed by atoms with Gasteiger partial charge in [0.05, 0.1) is 7.11 Å². The Morgan fingerprint density at radius 2 is 2.08 bits per heavy atom. The van der Waals surface area contributed by atoms with E-state index in [0.717, 1.165) is 16.9 Å². The van der Waals surface area contributed by atoms with Gasteiger partial charge in [-0.25, -0.2) is 0 Å². The molecule has 2 nitrogen and oxygen atoms in total. The van der Waals surface area contributed by atoms with Gasteiger partial charge in [-0.1, -0.05) is 23.7 Å². The quantitative estimate of drug-likeness (QED) is 0.807. The molecule has 0 aromatic heterocycles. The molecule has 0 aliphatic rings. The molecule has 0 bridgehead atoms. The first-order valence-electron chi connectivity index (χ1n) is 3.95. The summed E-state index contributed by atoms with van der Waals surface area (Å²) in [4.78, 5) is 0. The molecule has 0 saturated carbocycles. The van der Waals surface area contributed by atoms with Crippen molar-refractivity contribution in [3.05, 3.63) is 35.4 Å². The molecule has 2 N–H and O–H groups in total. The Labute approximate surface area is 83.0 Å². The van der Waals surface area contributed by atoms with Gasteiger partial charge in [-0.2, -0.15) is 0 Å². The lowest BCUT2D eigenvalue weighted by Gasteiger charge is -2.04. The van der Waals surface area contributed by atoms with Gasteiger partial charge in [0.15, 0.2) is 0 Å². The molecule has 1 aromatic carbocycles. The predicted molar refractivity (Wildman–Crippen MR) is 55.9 cm³/mol. The highest BCUT2D eigenvalue weighted by molar-refractivity contribution is 6.28. The maximum atomic E-state index is 5.60. The molecular weight excluding hydrogens is 186 g/mol. The van der Waals surface area contributed by atoms with Crippen molar-refractivity contribution in [1.29, 1.82) is 0 Å². The first-order valence-corrected chi connectivity index (χ1v) is 4.39. The molecule has 0 unspecified atom stereocenters. The van der Waals surface area contributed by atoms with Crippen molar-refractivity contribution in [2.24, 2.45) is 5.73 Å². The summed E-state index contributed by atoms with van der Waals surface area (Å²) in [6.07, 6.45) is 0. The van der Waals surface area contributed by atoms with Gasteiger partial charge in [-0.3, -0.25) is 0 Å². The van der Waals surface area contributed by atoms with Gasteiger partial charge >= 0.3 is 0 Å². The van der Waals surface area contributed by atoms with E-state index >= 15 is 0 Å². The molecular formula is C10H12ClNO. The highest BCUT2D eigenvalue weighted by atomic mass is 35.5. The summed E-state index contributed by atoms with van der Waals surface area (Å²) < 4.78 is 5.03. The average molecular weight is 198 g/mol. The molecule has 13 heavy (non-hydrogen) atoms. The van der Waals surface area contributed by atoms with Crippen LogP contribution < -0.4 is 10.5 Å². The zero-order valence-corrected chi connectivity index (χ0v) is 8.21. The summed E-state index contributed by atoms with van der Waals surface area (Å²) in [5.41, 5.74) is 8.95. The minimum atomic E-state index is 0.440. The summed E-state index contributed by atoms with van der Waals surface area (Å²) in [6.45, 7) is 0.440. The van der Waals surface area contributed by atoms with Crippen LogP contribution >= 0.6 is 11.6 Å². The first kappa shape index (κ1) is 10.1. The highest BCUT2D eigenvalue weighted by Crippen LogP contribution is 2.18. The fourth-order valence-electron chi connectivity index (χ4n) is 1.03. The third-order valence-electron chi connectivity index (χ3n) is 1.81. The van der Waals surface area contributed by atoms with Crippen molar-refractivity contribution in [2.45, 2.75) is 0 Å². The zero-order chi connectivity index (χ0) is 9.68. The van der Waals surface area contributed by atoms with Crippen LogP contribution in [0, 0.1) is 0 Å². The van der Waals surface area contributed by atoms with Crippen LogP contribution in [0.2, 0.25) is 0 Å². The molecule has 0 radical (unpaired) electrons. The SMILES string of the molecule is COc1ccc(/C(=C\Cl)CN)cc1. The second kappa shape index (κ2) is 4.90. The van der Waals surface area contributed by atoms with Crippen LogP contribution in [-0.4, -0.2) is 13.7 Å². The number of ether oxygens (including phenoxy) is 1.